The van der Waals surface area contributed by atoms with E-state index < -0.39 is 23.0 Å². The van der Waals surface area contributed by atoms with Crippen molar-refractivity contribution in [2.75, 3.05) is 17.6 Å². The maximum Gasteiger partial charge on any atom is 0.201 e. The summed E-state index contributed by atoms with van der Waals surface area (Å²) in [6.45, 7) is 1.99. The van der Waals surface area contributed by atoms with Crippen LogP contribution in [0.5, 0.6) is 0 Å². The lowest BCUT2D eigenvalue weighted by Crippen LogP contribution is -2.09. The van der Waals surface area contributed by atoms with Crippen molar-refractivity contribution in [2.24, 2.45) is 0 Å². The highest BCUT2D eigenvalue weighted by atomic mass is 32.2. The van der Waals surface area contributed by atoms with Crippen molar-refractivity contribution in [3.05, 3.63) is 58.9 Å². The first-order chi connectivity index (χ1) is 13.6. The molecule has 0 aliphatic carbocycles. The molecule has 3 rings (SSSR count). The first kappa shape index (κ1) is 19.7. The maximum atomic E-state index is 14.8. The van der Waals surface area contributed by atoms with Crippen molar-refractivity contribution in [2.45, 2.75) is 13.3 Å². The SMILES string of the molecule is CCCSNc1ccc(F)c(C(=O)c2c[nH]c3ncc(C#COC)cc23)c1F. The molecule has 0 bridgehead atoms. The topological polar surface area (TPSA) is 67.0 Å². The lowest BCUT2D eigenvalue weighted by molar-refractivity contribution is 0.103. The summed E-state index contributed by atoms with van der Waals surface area (Å²) in [6, 6.07) is 3.97. The van der Waals surface area contributed by atoms with Gasteiger partial charge >= 0.3 is 0 Å². The number of halogens is 2. The third-order valence-corrected chi connectivity index (χ3v) is 4.86. The van der Waals surface area contributed by atoms with E-state index in [1.807, 2.05) is 6.92 Å². The van der Waals surface area contributed by atoms with Gasteiger partial charge in [-0.05, 0) is 30.5 Å². The number of carbonyl (C=O) groups is 1. The molecule has 2 N–H and O–H groups in total. The average Bonchev–Trinajstić information content (AvgIpc) is 3.11. The number of ether oxygens (including phenoxy) is 1. The minimum Gasteiger partial charge on any atom is -0.450 e. The maximum absolute atomic E-state index is 14.8. The Hall–Kier alpha value is -3.05. The number of fused-ring (bicyclic) bond motifs is 1. The Labute approximate surface area is 165 Å². The second-order valence-corrected chi connectivity index (χ2v) is 6.72. The monoisotopic (exact) mass is 401 g/mol. The number of ketones is 1. The third kappa shape index (κ3) is 3.94. The summed E-state index contributed by atoms with van der Waals surface area (Å²) in [5, 5.41) is 0.422. The fourth-order valence-corrected chi connectivity index (χ4v) is 3.19. The molecule has 0 amide bonds. The predicted molar refractivity (Wildman–Crippen MR) is 106 cm³/mol. The van der Waals surface area contributed by atoms with Crippen LogP contribution in [0.3, 0.4) is 0 Å². The highest BCUT2D eigenvalue weighted by molar-refractivity contribution is 8.00. The summed E-state index contributed by atoms with van der Waals surface area (Å²) >= 11 is 1.29. The van der Waals surface area contributed by atoms with Gasteiger partial charge < -0.3 is 14.4 Å². The van der Waals surface area contributed by atoms with Crippen molar-refractivity contribution < 1.29 is 18.3 Å². The average molecular weight is 401 g/mol. The summed E-state index contributed by atoms with van der Waals surface area (Å²) in [6.07, 6.45) is 6.22. The first-order valence-corrected chi connectivity index (χ1v) is 9.47. The summed E-state index contributed by atoms with van der Waals surface area (Å²) < 4.78 is 36.7. The molecular weight excluding hydrogens is 384 g/mol. The number of H-pyrrole nitrogens is 1. The van der Waals surface area contributed by atoms with Crippen LogP contribution in [-0.2, 0) is 4.74 Å². The third-order valence-electron chi connectivity index (χ3n) is 3.88. The van der Waals surface area contributed by atoms with Gasteiger partial charge in [-0.2, -0.15) is 0 Å². The Morgan fingerprint density at radius 3 is 2.96 bits per heavy atom. The van der Waals surface area contributed by atoms with Crippen LogP contribution in [-0.4, -0.2) is 28.6 Å². The van der Waals surface area contributed by atoms with E-state index >= 15 is 0 Å². The number of aromatic amines is 1. The van der Waals surface area contributed by atoms with Gasteiger partial charge in [0.1, 0.15) is 17.6 Å². The number of carbonyl (C=O) groups excluding carboxylic acids is 1. The molecular formula is C20H17F2N3O2S. The number of hydrogen-bond donors (Lipinski definition) is 2. The zero-order valence-electron chi connectivity index (χ0n) is 15.2. The van der Waals surface area contributed by atoms with E-state index in [-0.39, 0.29) is 11.3 Å². The zero-order valence-corrected chi connectivity index (χ0v) is 16.0. The minimum absolute atomic E-state index is 0.0628. The van der Waals surface area contributed by atoms with Crippen molar-refractivity contribution in [3.8, 4) is 12.0 Å². The Morgan fingerprint density at radius 2 is 2.21 bits per heavy atom. The number of pyridine rings is 1. The smallest absolute Gasteiger partial charge is 0.201 e. The van der Waals surface area contributed by atoms with E-state index in [9.17, 15) is 13.6 Å². The molecule has 5 nitrogen and oxygen atoms in total. The number of anilines is 1. The van der Waals surface area contributed by atoms with Gasteiger partial charge in [0, 0.05) is 34.7 Å². The van der Waals surface area contributed by atoms with Crippen LogP contribution in [0.1, 0.15) is 34.8 Å². The Kier molecular flexibility index (Phi) is 6.16. The molecule has 8 heteroatoms. The Bertz CT molecular complexity index is 1090. The van der Waals surface area contributed by atoms with E-state index in [4.69, 9.17) is 4.74 Å². The number of nitrogens with one attached hydrogen (secondary N) is 2. The van der Waals surface area contributed by atoms with Gasteiger partial charge in [0.15, 0.2) is 5.82 Å². The first-order valence-electron chi connectivity index (χ1n) is 8.48. The van der Waals surface area contributed by atoms with Crippen LogP contribution in [0.2, 0.25) is 0 Å². The van der Waals surface area contributed by atoms with Gasteiger partial charge in [-0.25, -0.2) is 13.8 Å². The second-order valence-electron chi connectivity index (χ2n) is 5.82. The van der Waals surface area contributed by atoms with E-state index in [1.165, 1.54) is 37.5 Å². The largest absolute Gasteiger partial charge is 0.450 e. The van der Waals surface area contributed by atoms with Crippen LogP contribution >= 0.6 is 11.9 Å². The molecule has 1 aromatic carbocycles. The molecule has 2 heterocycles. The molecule has 2 aromatic heterocycles. The van der Waals surface area contributed by atoms with Crippen molar-refractivity contribution in [1.82, 2.24) is 9.97 Å². The van der Waals surface area contributed by atoms with Crippen LogP contribution in [0, 0.1) is 23.7 Å². The van der Waals surface area contributed by atoms with E-state index in [1.54, 1.807) is 6.07 Å². The number of nitrogens with zero attached hydrogens (tertiary/aromatic N) is 1. The molecule has 0 radical (unpaired) electrons. The van der Waals surface area contributed by atoms with Crippen LogP contribution in [0.15, 0.2) is 30.6 Å². The van der Waals surface area contributed by atoms with E-state index in [2.05, 4.69) is 26.7 Å². The van der Waals surface area contributed by atoms with Gasteiger partial charge in [0.25, 0.3) is 0 Å². The number of methoxy groups -OCH3 is 1. The quantitative estimate of drug-likeness (QED) is 0.276. The van der Waals surface area contributed by atoms with Crippen molar-refractivity contribution >= 4 is 34.5 Å². The van der Waals surface area contributed by atoms with Gasteiger partial charge in [0.2, 0.25) is 5.78 Å². The number of hydrogen-bond acceptors (Lipinski definition) is 5. The van der Waals surface area contributed by atoms with Crippen LogP contribution in [0.4, 0.5) is 14.5 Å². The molecule has 0 atom stereocenters. The van der Waals surface area contributed by atoms with Crippen LogP contribution in [0.25, 0.3) is 11.0 Å². The molecule has 0 saturated heterocycles. The number of benzene rings is 1. The molecule has 0 saturated carbocycles. The minimum atomic E-state index is -0.925. The lowest BCUT2D eigenvalue weighted by Gasteiger charge is -2.10. The van der Waals surface area contributed by atoms with Gasteiger partial charge in [-0.3, -0.25) is 4.79 Å². The normalized spacial score (nSPS) is 10.4. The molecule has 28 heavy (non-hydrogen) atoms. The summed E-state index contributed by atoms with van der Waals surface area (Å²) in [7, 11) is 1.43. The standard InChI is InChI=1S/C20H17F2N3O2S/c1-3-8-28-25-16-5-4-15(21)17(18(16)22)19(26)14-11-24-20-13(14)9-12(10-23-20)6-7-27-2/h4-5,9-11,25H,3,8H2,1-2H3,(H,23,24). The summed E-state index contributed by atoms with van der Waals surface area (Å²) in [5.74, 6) is 0.848. The molecule has 144 valence electrons. The molecule has 0 aliphatic heterocycles. The predicted octanol–water partition coefficient (Wildman–Crippen LogP) is 4.50. The molecule has 0 unspecified atom stereocenters. The summed E-state index contributed by atoms with van der Waals surface area (Å²) in [5.41, 5.74) is 0.485. The van der Waals surface area contributed by atoms with Crippen LogP contribution < -0.4 is 4.72 Å². The number of rotatable bonds is 6. The fraction of sp³-hybridized carbons (Fsp3) is 0.200. The van der Waals surface area contributed by atoms with E-state index in [0.717, 1.165) is 18.2 Å². The van der Waals surface area contributed by atoms with Gasteiger partial charge in [-0.1, -0.05) is 18.9 Å². The number of aromatic nitrogens is 2. The molecule has 3 aromatic rings. The Balaban J connectivity index is 2.03. The second kappa shape index (κ2) is 8.76. The Morgan fingerprint density at radius 1 is 1.39 bits per heavy atom. The van der Waals surface area contributed by atoms with E-state index in [0.29, 0.717) is 16.6 Å². The molecule has 0 spiro atoms. The molecule has 0 aliphatic rings. The highest BCUT2D eigenvalue weighted by Crippen LogP contribution is 2.28. The van der Waals surface area contributed by atoms with Gasteiger partial charge in [0.05, 0.1) is 18.4 Å². The fourth-order valence-electron chi connectivity index (χ4n) is 2.57. The summed E-state index contributed by atoms with van der Waals surface area (Å²) in [4.78, 5) is 20.0. The van der Waals surface area contributed by atoms with Crippen molar-refractivity contribution in [3.63, 3.8) is 0 Å². The highest BCUT2D eigenvalue weighted by Gasteiger charge is 2.24. The lowest BCUT2D eigenvalue weighted by atomic mass is 10.0. The zero-order chi connectivity index (χ0) is 20.1. The van der Waals surface area contributed by atoms with Gasteiger partial charge in [-0.15, -0.1) is 0 Å². The molecule has 0 fully saturated rings. The van der Waals surface area contributed by atoms with Crippen molar-refractivity contribution in [1.29, 1.82) is 0 Å².